The maximum atomic E-state index is 12.6. The number of hydrogen-bond acceptors (Lipinski definition) is 3. The van der Waals surface area contributed by atoms with Gasteiger partial charge in [-0.05, 0) is 45.7 Å². The van der Waals surface area contributed by atoms with Gasteiger partial charge in [-0.1, -0.05) is 0 Å². The minimum Gasteiger partial charge on any atom is -0.444 e. The van der Waals surface area contributed by atoms with E-state index in [-0.39, 0.29) is 18.7 Å². The van der Waals surface area contributed by atoms with Gasteiger partial charge in [0, 0.05) is 38.9 Å². The number of piperidine rings is 1. The number of alkyl halides is 3. The third-order valence-corrected chi connectivity index (χ3v) is 4.59. The van der Waals surface area contributed by atoms with Crippen molar-refractivity contribution in [3.05, 3.63) is 24.0 Å². The zero-order valence-corrected chi connectivity index (χ0v) is 16.8. The molecule has 1 aromatic rings. The summed E-state index contributed by atoms with van der Waals surface area (Å²) in [6.07, 6.45) is -2.66. The molecule has 1 aliphatic rings. The Hall–Kier alpha value is -2.19. The summed E-state index contributed by atoms with van der Waals surface area (Å²) in [7, 11) is 1.37. The molecule has 0 atom stereocenters. The highest BCUT2D eigenvalue weighted by molar-refractivity contribution is 5.92. The van der Waals surface area contributed by atoms with Gasteiger partial charge >= 0.3 is 12.3 Å². The van der Waals surface area contributed by atoms with Crippen molar-refractivity contribution in [2.45, 2.75) is 57.9 Å². The number of nitrogens with zero attached hydrogens (tertiary/aromatic N) is 3. The first-order chi connectivity index (χ1) is 12.9. The molecule has 1 fully saturated rings. The third-order valence-electron chi connectivity index (χ3n) is 4.59. The Morgan fingerprint density at radius 1 is 1.21 bits per heavy atom. The van der Waals surface area contributed by atoms with Crippen molar-refractivity contribution >= 4 is 12.0 Å². The molecule has 0 spiro atoms. The summed E-state index contributed by atoms with van der Waals surface area (Å²) >= 11 is 0. The fourth-order valence-corrected chi connectivity index (χ4v) is 3.14. The summed E-state index contributed by atoms with van der Waals surface area (Å²) in [5.74, 6) is -0.441. The molecule has 0 N–H and O–H groups in total. The lowest BCUT2D eigenvalue weighted by Gasteiger charge is -2.34. The van der Waals surface area contributed by atoms with Crippen molar-refractivity contribution in [2.24, 2.45) is 0 Å². The quantitative estimate of drug-likeness (QED) is 0.761. The molecule has 0 aromatic carbocycles. The maximum absolute atomic E-state index is 12.6. The van der Waals surface area contributed by atoms with Gasteiger partial charge in [-0.25, -0.2) is 4.79 Å². The van der Waals surface area contributed by atoms with Crippen LogP contribution < -0.4 is 0 Å². The van der Waals surface area contributed by atoms with Crippen LogP contribution in [0.2, 0.25) is 0 Å². The summed E-state index contributed by atoms with van der Waals surface area (Å²) in [6, 6.07) is 3.33. The predicted octanol–water partition coefficient (Wildman–Crippen LogP) is 4.08. The summed E-state index contributed by atoms with van der Waals surface area (Å²) in [4.78, 5) is 27.5. The predicted molar refractivity (Wildman–Crippen MR) is 98.1 cm³/mol. The third kappa shape index (κ3) is 6.17. The van der Waals surface area contributed by atoms with Gasteiger partial charge in [0.25, 0.3) is 5.91 Å². The van der Waals surface area contributed by atoms with Gasteiger partial charge in [0.1, 0.15) is 11.3 Å². The number of likely N-dealkylation sites (tertiary alicyclic amines) is 1. The molecule has 2 amide bonds. The molecule has 9 heteroatoms. The van der Waals surface area contributed by atoms with E-state index in [9.17, 15) is 22.8 Å². The lowest BCUT2D eigenvalue weighted by atomic mass is 10.0. The second kappa shape index (κ2) is 8.45. The molecule has 0 unspecified atom stereocenters. The van der Waals surface area contributed by atoms with Crippen molar-refractivity contribution < 1.29 is 27.5 Å². The molecule has 2 rings (SSSR count). The van der Waals surface area contributed by atoms with E-state index in [1.807, 2.05) is 20.8 Å². The average Bonchev–Trinajstić information content (AvgIpc) is 3.06. The lowest BCUT2D eigenvalue weighted by Crippen LogP contribution is -2.42. The first kappa shape index (κ1) is 22.1. The van der Waals surface area contributed by atoms with Gasteiger partial charge in [0.2, 0.25) is 0 Å². The highest BCUT2D eigenvalue weighted by Gasteiger charge is 2.31. The van der Waals surface area contributed by atoms with Crippen molar-refractivity contribution in [3.8, 4) is 0 Å². The molecule has 28 heavy (non-hydrogen) atoms. The maximum Gasteiger partial charge on any atom is 0.410 e. The summed E-state index contributed by atoms with van der Waals surface area (Å²) < 4.78 is 44.4. The van der Waals surface area contributed by atoms with Gasteiger partial charge in [0.05, 0.1) is 6.42 Å². The van der Waals surface area contributed by atoms with Crippen molar-refractivity contribution in [2.75, 3.05) is 26.7 Å². The van der Waals surface area contributed by atoms with E-state index in [0.717, 1.165) is 4.90 Å². The van der Waals surface area contributed by atoms with E-state index in [1.165, 1.54) is 7.05 Å². The normalized spacial score (nSPS) is 16.2. The molecule has 0 saturated carbocycles. The highest BCUT2D eigenvalue weighted by Crippen LogP contribution is 2.26. The zero-order chi connectivity index (χ0) is 21.1. The number of halogens is 3. The minimum atomic E-state index is -4.30. The van der Waals surface area contributed by atoms with E-state index in [1.54, 1.807) is 27.8 Å². The number of amides is 2. The smallest absolute Gasteiger partial charge is 0.410 e. The Kier molecular flexibility index (Phi) is 6.67. The Labute approximate surface area is 163 Å². The van der Waals surface area contributed by atoms with Gasteiger partial charge < -0.3 is 19.1 Å². The van der Waals surface area contributed by atoms with Crippen LogP contribution in [0.1, 0.15) is 56.6 Å². The van der Waals surface area contributed by atoms with Crippen molar-refractivity contribution in [3.63, 3.8) is 0 Å². The fourth-order valence-electron chi connectivity index (χ4n) is 3.14. The summed E-state index contributed by atoms with van der Waals surface area (Å²) in [6.45, 7) is 6.04. The molecule has 0 aliphatic carbocycles. The Morgan fingerprint density at radius 3 is 2.36 bits per heavy atom. The molecule has 6 nitrogen and oxygen atoms in total. The SMILES string of the molecule is CN(CCC(F)(F)F)C(=O)c1cccn1C1CCN(C(=O)OC(C)(C)C)CC1. The summed E-state index contributed by atoms with van der Waals surface area (Å²) in [5, 5.41) is 0. The number of rotatable bonds is 4. The standard InChI is InChI=1S/C19H28F3N3O3/c1-18(2,3)28-17(27)24-11-7-14(8-12-24)25-10-5-6-15(25)16(26)23(4)13-9-19(20,21)22/h5-6,10,14H,7-9,11-13H2,1-4H3. The van der Waals surface area contributed by atoms with E-state index >= 15 is 0 Å². The lowest BCUT2D eigenvalue weighted by molar-refractivity contribution is -0.136. The minimum absolute atomic E-state index is 0.00338. The second-order valence-electron chi connectivity index (χ2n) is 8.09. The van der Waals surface area contributed by atoms with Gasteiger partial charge in [-0.3, -0.25) is 4.79 Å². The topological polar surface area (TPSA) is 54.8 Å². The van der Waals surface area contributed by atoms with Crippen LogP contribution in [0.15, 0.2) is 18.3 Å². The molecular weight excluding hydrogens is 375 g/mol. The van der Waals surface area contributed by atoms with Crippen LogP contribution >= 0.6 is 0 Å². The number of hydrogen-bond donors (Lipinski definition) is 0. The average molecular weight is 403 g/mol. The van der Waals surface area contributed by atoms with Crippen molar-refractivity contribution in [1.82, 2.24) is 14.4 Å². The van der Waals surface area contributed by atoms with E-state index in [0.29, 0.717) is 31.6 Å². The first-order valence-electron chi connectivity index (χ1n) is 9.34. The molecule has 1 aromatic heterocycles. The fraction of sp³-hybridized carbons (Fsp3) is 0.684. The first-order valence-corrected chi connectivity index (χ1v) is 9.34. The van der Waals surface area contributed by atoms with E-state index in [4.69, 9.17) is 4.74 Å². The van der Waals surface area contributed by atoms with Crippen LogP contribution in [-0.4, -0.2) is 64.8 Å². The molecule has 1 saturated heterocycles. The van der Waals surface area contributed by atoms with Gasteiger partial charge in [-0.15, -0.1) is 0 Å². The number of ether oxygens (including phenoxy) is 1. The molecular formula is C19H28F3N3O3. The van der Waals surface area contributed by atoms with E-state index in [2.05, 4.69) is 0 Å². The van der Waals surface area contributed by atoms with E-state index < -0.39 is 24.1 Å². The largest absolute Gasteiger partial charge is 0.444 e. The molecule has 0 bridgehead atoms. The number of carbonyl (C=O) groups excluding carboxylic acids is 2. The van der Waals surface area contributed by atoms with Crippen LogP contribution in [0.5, 0.6) is 0 Å². The Bertz CT molecular complexity index is 687. The monoisotopic (exact) mass is 403 g/mol. The number of carbonyl (C=O) groups is 2. The summed E-state index contributed by atoms with van der Waals surface area (Å²) in [5.41, 5.74) is -0.199. The zero-order valence-electron chi connectivity index (χ0n) is 16.8. The van der Waals surface area contributed by atoms with Gasteiger partial charge in [-0.2, -0.15) is 13.2 Å². The molecule has 2 heterocycles. The Balaban J connectivity index is 1.97. The van der Waals surface area contributed by atoms with Crippen molar-refractivity contribution in [1.29, 1.82) is 0 Å². The Morgan fingerprint density at radius 2 is 1.82 bits per heavy atom. The van der Waals surface area contributed by atoms with Crippen LogP contribution in [-0.2, 0) is 4.74 Å². The van der Waals surface area contributed by atoms with Crippen LogP contribution in [0.25, 0.3) is 0 Å². The van der Waals surface area contributed by atoms with Crippen LogP contribution in [0.4, 0.5) is 18.0 Å². The second-order valence-corrected chi connectivity index (χ2v) is 8.09. The van der Waals surface area contributed by atoms with Gasteiger partial charge in [0.15, 0.2) is 0 Å². The molecule has 158 valence electrons. The van der Waals surface area contributed by atoms with Crippen LogP contribution in [0.3, 0.4) is 0 Å². The highest BCUT2D eigenvalue weighted by atomic mass is 19.4. The van der Waals surface area contributed by atoms with Crippen LogP contribution in [0, 0.1) is 0 Å². The number of aromatic nitrogens is 1. The molecule has 1 aliphatic heterocycles. The molecule has 0 radical (unpaired) electrons.